The van der Waals surface area contributed by atoms with Crippen LogP contribution in [0.3, 0.4) is 0 Å². The second kappa shape index (κ2) is 37.8. The van der Waals surface area contributed by atoms with Crippen LogP contribution in [0.1, 0.15) is 106 Å². The standard InChI is InChI=1S/C26H30N2O6.C22H22N2O6.C16H14INO.C10H17NO5.C8H7N3O2/c1-26(2,3)34-25(32)21(29)22-24(31)28(13-14-33-22)20-10-6-9-18(15-20)23(30)27-12-11-17-7-4-5-8-19(17)16-27;25-18(22(28)29)19-21(27)24(10-11-30-19)17-7-3-6-15(12-17)20(26)23-9-8-14-4-1-2-5-16(14)13-23;17-15-7-3-6-13(10-15)16(19)18-9-8-12-4-1-2-5-14(12)11-18;1-10(2,3)16-9(14)6(12)7-8(13)11-4-5-15-7;9-6-3-1-5(2-4-6)7-10-8(12)13-11-7/h4-10,15,21-22,29H,11-14,16H2,1-3H3;1-7,12,18-19,25H,8-11,13H2,(H,28,29);1-7,10H,8-9,11H2;6-7,12H,4-5H2,1-3H3,(H,11,13);1-4H,9H2,(H,10,11,12)/t21-,22-;18-,19-;;6-,7-;/m11.1./s1. The summed E-state index contributed by atoms with van der Waals surface area (Å²) >= 11 is 2.24. The number of rotatable bonds is 12. The molecule has 8 aromatic rings. The van der Waals surface area contributed by atoms with Crippen molar-refractivity contribution < 1.29 is 91.8 Å². The normalized spacial score (nSPS) is 18.1. The van der Waals surface area contributed by atoms with Gasteiger partial charge in [0.2, 0.25) is 0 Å². The van der Waals surface area contributed by atoms with Crippen LogP contribution >= 0.6 is 22.6 Å². The molecule has 14 rings (SSSR count). The molecule has 0 unspecified atom stereocenters. The van der Waals surface area contributed by atoms with Crippen LogP contribution in [-0.4, -0.2) is 206 Å². The van der Waals surface area contributed by atoms with Crippen molar-refractivity contribution in [3.8, 4) is 11.4 Å². The topological polar surface area (TPSA) is 394 Å². The molecule has 0 spiro atoms. The third-order valence-electron chi connectivity index (χ3n) is 18.4. The van der Waals surface area contributed by atoms with Gasteiger partial charge in [-0.3, -0.25) is 38.3 Å². The fourth-order valence-electron chi connectivity index (χ4n) is 12.8. The van der Waals surface area contributed by atoms with Gasteiger partial charge in [0.15, 0.2) is 42.4 Å². The van der Waals surface area contributed by atoms with E-state index in [1.807, 2.05) is 71.6 Å². The highest BCUT2D eigenvalue weighted by Crippen LogP contribution is 2.29. The second-order valence-corrected chi connectivity index (χ2v) is 30.0. The van der Waals surface area contributed by atoms with E-state index in [1.54, 1.807) is 124 Å². The zero-order chi connectivity index (χ0) is 80.6. The number of carbonyl (C=O) groups excluding carboxylic acids is 8. The number of carboxylic acids is 1. The Kier molecular flexibility index (Phi) is 28.2. The van der Waals surface area contributed by atoms with E-state index in [9.17, 15) is 63.3 Å². The van der Waals surface area contributed by atoms with Crippen LogP contribution in [0.25, 0.3) is 11.4 Å². The summed E-state index contributed by atoms with van der Waals surface area (Å²) in [4.78, 5) is 132. The minimum absolute atomic E-state index is 0.0851. The first-order chi connectivity index (χ1) is 53.4. The van der Waals surface area contributed by atoms with Crippen molar-refractivity contribution in [2.45, 2.75) is 128 Å². The Morgan fingerprint density at radius 2 is 0.893 bits per heavy atom. The summed E-state index contributed by atoms with van der Waals surface area (Å²) in [6.07, 6.45) is -6.76. The predicted octanol–water partition coefficient (Wildman–Crippen LogP) is 6.69. The molecule has 590 valence electrons. The summed E-state index contributed by atoms with van der Waals surface area (Å²) < 4.78 is 31.2. The molecular weight excluding hydrogens is 1560 g/mol. The minimum atomic E-state index is -1.95. The van der Waals surface area contributed by atoms with Crippen LogP contribution in [-0.2, 0) is 91.3 Å². The van der Waals surface area contributed by atoms with E-state index in [-0.39, 0.29) is 50.6 Å². The van der Waals surface area contributed by atoms with E-state index in [1.165, 1.54) is 32.1 Å². The average Bonchev–Trinajstić information content (AvgIpc) is 0.835. The number of nitrogens with two attached hydrogens (primary N) is 1. The number of nitrogens with zero attached hydrogens (tertiary/aromatic N) is 6. The Hall–Kier alpha value is -11.0. The number of benzene rings is 7. The van der Waals surface area contributed by atoms with E-state index in [2.05, 4.69) is 72.9 Å². The van der Waals surface area contributed by atoms with E-state index in [0.717, 1.165) is 58.2 Å². The zero-order valence-corrected chi connectivity index (χ0v) is 64.9. The van der Waals surface area contributed by atoms with E-state index in [4.69, 9.17) is 34.5 Å². The number of ether oxygens (including phenoxy) is 5. The van der Waals surface area contributed by atoms with Gasteiger partial charge in [-0.15, -0.1) is 0 Å². The largest absolute Gasteiger partial charge is 0.479 e. The number of carbonyl (C=O) groups is 9. The Labute approximate surface area is 659 Å². The maximum absolute atomic E-state index is 13.2. The van der Waals surface area contributed by atoms with Gasteiger partial charge in [-0.05, 0) is 196 Å². The highest BCUT2D eigenvalue weighted by Gasteiger charge is 2.43. The number of aromatic nitrogens is 2. The first kappa shape index (κ1) is 83.5. The average molecular weight is 1650 g/mol. The molecule has 0 radical (unpaired) electrons. The number of nitrogen functional groups attached to an aromatic ring is 1. The Balaban J connectivity index is 0.000000155. The fourth-order valence-corrected chi connectivity index (χ4v) is 13.4. The second-order valence-electron chi connectivity index (χ2n) is 28.8. The van der Waals surface area contributed by atoms with Gasteiger partial charge in [-0.25, -0.2) is 19.2 Å². The number of hydrogen-bond acceptors (Lipinski definition) is 21. The van der Waals surface area contributed by atoms with Gasteiger partial charge in [0.1, 0.15) is 11.2 Å². The summed E-state index contributed by atoms with van der Waals surface area (Å²) in [7, 11) is 0. The van der Waals surface area contributed by atoms with Crippen molar-refractivity contribution in [2.75, 3.05) is 74.6 Å². The van der Waals surface area contributed by atoms with E-state index >= 15 is 0 Å². The van der Waals surface area contributed by atoms with Crippen molar-refractivity contribution >= 4 is 93.0 Å². The fraction of sp³-hybridized carbons (Fsp3) is 0.354. The zero-order valence-electron chi connectivity index (χ0n) is 62.7. The van der Waals surface area contributed by atoms with Crippen molar-refractivity contribution in [3.63, 3.8) is 0 Å². The van der Waals surface area contributed by atoms with Gasteiger partial charge in [-0.2, -0.15) is 0 Å². The van der Waals surface area contributed by atoms with Gasteiger partial charge < -0.3 is 79.7 Å². The molecule has 6 aliphatic rings. The van der Waals surface area contributed by atoms with Crippen LogP contribution in [0, 0.1) is 3.57 Å². The molecule has 112 heavy (non-hydrogen) atoms. The third-order valence-corrected chi connectivity index (χ3v) is 19.0. The summed E-state index contributed by atoms with van der Waals surface area (Å²) in [6, 6.07) is 52.8. The molecule has 7 heterocycles. The summed E-state index contributed by atoms with van der Waals surface area (Å²) in [5.41, 5.74) is 15.5. The highest BCUT2D eigenvalue weighted by molar-refractivity contribution is 14.1. The lowest BCUT2D eigenvalue weighted by molar-refractivity contribution is -0.178. The number of aromatic amines is 1. The van der Waals surface area contributed by atoms with Gasteiger partial charge >= 0.3 is 23.7 Å². The molecule has 6 amide bonds. The molecule has 3 saturated heterocycles. The number of hydrogen-bond donors (Lipinski definition) is 7. The van der Waals surface area contributed by atoms with E-state index < -0.39 is 89.2 Å². The molecule has 0 aliphatic carbocycles. The van der Waals surface area contributed by atoms with Crippen LogP contribution in [0.2, 0.25) is 0 Å². The predicted molar refractivity (Wildman–Crippen MR) is 418 cm³/mol. The SMILES string of the molecule is CC(C)(C)OC(=O)[C@H](O)[C@H]1OCCN(c2cccc(C(=O)N3CCc4ccccc4C3)c2)C1=O.CC(C)(C)OC(=O)[C@H](O)[C@H]1OCCNC1=O.Nc1ccc(-c2noc(=O)[nH]2)cc1.O=C(O)[C@H](O)[C@H]1OCCN(c2cccc(C(=O)N3CCc4ccccc4C3)c2)C1=O.O=C(c1cccc(I)c1)N1CCc2ccccc2C1. The summed E-state index contributed by atoms with van der Waals surface area (Å²) in [6.45, 7) is 15.2. The van der Waals surface area contributed by atoms with Crippen molar-refractivity contribution in [3.05, 3.63) is 234 Å². The molecule has 3 fully saturated rings. The number of amides is 6. The molecule has 0 saturated carbocycles. The molecule has 0 bridgehead atoms. The molecular formula is C82H90IN9O20. The Bertz CT molecular complexity index is 4770. The molecule has 6 atom stereocenters. The van der Waals surface area contributed by atoms with Crippen molar-refractivity contribution in [1.29, 1.82) is 0 Å². The van der Waals surface area contributed by atoms with Crippen LogP contribution in [0.5, 0.6) is 0 Å². The Morgan fingerprint density at radius 3 is 1.29 bits per heavy atom. The number of anilines is 3. The molecule has 7 aromatic carbocycles. The Morgan fingerprint density at radius 1 is 0.500 bits per heavy atom. The van der Waals surface area contributed by atoms with Crippen LogP contribution in [0.15, 0.2) is 179 Å². The quantitative estimate of drug-likeness (QED) is 0.0380. The molecule has 30 heteroatoms. The number of aliphatic hydroxyl groups excluding tert-OH is 3. The summed E-state index contributed by atoms with van der Waals surface area (Å²) in [5, 5.41) is 44.8. The lowest BCUT2D eigenvalue weighted by Gasteiger charge is -2.35. The number of fused-ring (bicyclic) bond motifs is 3. The molecule has 8 N–H and O–H groups in total. The first-order valence-electron chi connectivity index (χ1n) is 36.3. The highest BCUT2D eigenvalue weighted by atomic mass is 127. The lowest BCUT2D eigenvalue weighted by atomic mass is 9.99. The number of aliphatic hydroxyl groups is 3. The van der Waals surface area contributed by atoms with Crippen LogP contribution < -0.4 is 26.6 Å². The van der Waals surface area contributed by atoms with Gasteiger partial charge in [0.25, 0.3) is 35.4 Å². The van der Waals surface area contributed by atoms with Crippen LogP contribution in [0.4, 0.5) is 17.1 Å². The molecule has 6 aliphatic heterocycles. The number of H-pyrrole nitrogens is 1. The minimum Gasteiger partial charge on any atom is -0.479 e. The number of aliphatic carboxylic acids is 1. The maximum Gasteiger partial charge on any atom is 0.439 e. The summed E-state index contributed by atoms with van der Waals surface area (Å²) in [5.74, 6) is -5.25. The monoisotopic (exact) mass is 1650 g/mol. The van der Waals surface area contributed by atoms with Gasteiger partial charge in [-0.1, -0.05) is 96.2 Å². The lowest BCUT2D eigenvalue weighted by Crippen LogP contribution is -2.55. The molecule has 29 nitrogen and oxygen atoms in total. The van der Waals surface area contributed by atoms with Gasteiger partial charge in [0, 0.05) is 102 Å². The number of esters is 2. The van der Waals surface area contributed by atoms with Crippen molar-refractivity contribution in [1.82, 2.24) is 30.2 Å². The van der Waals surface area contributed by atoms with Gasteiger partial charge in [0.05, 0.1) is 19.8 Å². The smallest absolute Gasteiger partial charge is 0.439 e. The number of carboxylic acid groups (broad SMARTS) is 1. The maximum atomic E-state index is 13.2. The first-order valence-corrected chi connectivity index (χ1v) is 37.4. The van der Waals surface area contributed by atoms with Crippen molar-refractivity contribution in [2.24, 2.45) is 0 Å². The number of halogens is 1. The van der Waals surface area contributed by atoms with E-state index in [0.29, 0.717) is 66.7 Å². The third kappa shape index (κ3) is 22.2. The number of morpholine rings is 3. The number of nitrogens with one attached hydrogen (secondary N) is 2. The molecule has 1 aromatic heterocycles.